The molecule has 0 unspecified atom stereocenters. The third-order valence-corrected chi connectivity index (χ3v) is 13.2. The van der Waals surface area contributed by atoms with Crippen LogP contribution in [0.1, 0.15) is 22.3 Å². The van der Waals surface area contributed by atoms with Gasteiger partial charge in [-0.3, -0.25) is 0 Å². The zero-order valence-electron chi connectivity index (χ0n) is 28.2. The molecule has 0 fully saturated rings. The van der Waals surface area contributed by atoms with Crippen LogP contribution in [0.15, 0.2) is 188 Å². The lowest BCUT2D eigenvalue weighted by atomic mass is 9.68. The smallest absolute Gasteiger partial charge is 0.0713 e. The molecule has 1 aliphatic carbocycles. The first-order valence-corrected chi connectivity index (χ1v) is 19.4. The Morgan fingerprint density at radius 2 is 0.904 bits per heavy atom. The summed E-state index contributed by atoms with van der Waals surface area (Å²) in [6, 6.07) is 69.7. The van der Waals surface area contributed by atoms with Gasteiger partial charge in [-0.1, -0.05) is 140 Å². The number of fused-ring (bicyclic) bond motifs is 9. The highest BCUT2D eigenvalue weighted by Crippen LogP contribution is 2.56. The minimum atomic E-state index is -0.433. The van der Waals surface area contributed by atoms with Crippen molar-refractivity contribution < 1.29 is 0 Å². The van der Waals surface area contributed by atoms with Crippen LogP contribution in [0, 0.1) is 0 Å². The van der Waals surface area contributed by atoms with Gasteiger partial charge >= 0.3 is 0 Å². The molecule has 8 aromatic carbocycles. The minimum Gasteiger partial charge on any atom is -0.310 e. The fourth-order valence-corrected chi connectivity index (χ4v) is 11.1. The average Bonchev–Trinajstić information content (AvgIpc) is 3.87. The Kier molecular flexibility index (Phi) is 6.57. The highest BCUT2D eigenvalue weighted by atomic mass is 32.1. The van der Waals surface area contributed by atoms with Crippen LogP contribution in [-0.2, 0) is 5.41 Å². The van der Waals surface area contributed by atoms with E-state index in [2.05, 4.69) is 193 Å². The van der Waals surface area contributed by atoms with E-state index in [1.165, 1.54) is 79.4 Å². The number of hydrogen-bond acceptors (Lipinski definition) is 3. The quantitative estimate of drug-likeness (QED) is 0.173. The maximum absolute atomic E-state index is 2.47. The lowest BCUT2D eigenvalue weighted by Crippen LogP contribution is -2.28. The second kappa shape index (κ2) is 11.5. The molecule has 0 amide bonds. The lowest BCUT2D eigenvalue weighted by Gasteiger charge is -2.34. The van der Waals surface area contributed by atoms with Crippen LogP contribution in [0.25, 0.3) is 51.5 Å². The predicted molar refractivity (Wildman–Crippen MR) is 224 cm³/mol. The molecule has 0 radical (unpaired) electrons. The molecular weight excluding hydrogens is 667 g/mol. The van der Waals surface area contributed by atoms with Gasteiger partial charge in [-0.15, -0.1) is 22.7 Å². The van der Waals surface area contributed by atoms with Crippen molar-refractivity contribution in [2.75, 3.05) is 4.90 Å². The van der Waals surface area contributed by atoms with E-state index in [0.717, 1.165) is 11.4 Å². The Morgan fingerprint density at radius 3 is 1.65 bits per heavy atom. The standard InChI is InChI=1S/C49H31NS2/c1-2-13-32(14-3-1)49(41-19-8-4-15-36(41)37-16-5-9-20-42(37)49)33-25-27-34(28-26-33)50(35-29-30-39-38-17-6-10-22-44(38)52-47(39)31-35)43-21-12-24-46-48(43)40-18-7-11-23-45(40)51-46/h1-31H. The summed E-state index contributed by atoms with van der Waals surface area (Å²) >= 11 is 3.74. The number of thiophene rings is 2. The molecule has 0 aliphatic heterocycles. The first-order valence-electron chi connectivity index (χ1n) is 17.8. The molecule has 0 atom stereocenters. The molecule has 10 aromatic rings. The number of benzene rings is 8. The Hall–Kier alpha value is -6.00. The largest absolute Gasteiger partial charge is 0.310 e. The summed E-state index contributed by atoms with van der Waals surface area (Å²) in [5, 5.41) is 5.22. The molecule has 0 spiro atoms. The summed E-state index contributed by atoms with van der Waals surface area (Å²) in [5.74, 6) is 0. The van der Waals surface area contributed by atoms with Gasteiger partial charge in [0.25, 0.3) is 0 Å². The first-order chi connectivity index (χ1) is 25.8. The summed E-state index contributed by atoms with van der Waals surface area (Å²) in [4.78, 5) is 2.47. The molecule has 2 heterocycles. The number of anilines is 3. The number of hydrogen-bond donors (Lipinski definition) is 0. The number of nitrogens with zero attached hydrogens (tertiary/aromatic N) is 1. The first kappa shape index (κ1) is 29.7. The molecule has 0 N–H and O–H groups in total. The van der Waals surface area contributed by atoms with Gasteiger partial charge in [-0.2, -0.15) is 0 Å². The van der Waals surface area contributed by atoms with Gasteiger partial charge in [0.05, 0.1) is 11.1 Å². The third kappa shape index (κ3) is 4.21. The van der Waals surface area contributed by atoms with Crippen molar-refractivity contribution in [3.05, 3.63) is 210 Å². The van der Waals surface area contributed by atoms with Crippen LogP contribution in [0.2, 0.25) is 0 Å². The van der Waals surface area contributed by atoms with E-state index in [-0.39, 0.29) is 0 Å². The summed E-state index contributed by atoms with van der Waals surface area (Å²) in [5.41, 5.74) is 10.9. The molecule has 2 aromatic heterocycles. The Morgan fingerprint density at radius 1 is 0.365 bits per heavy atom. The predicted octanol–water partition coefficient (Wildman–Crippen LogP) is 14.3. The zero-order valence-corrected chi connectivity index (χ0v) is 29.8. The second-order valence-electron chi connectivity index (χ2n) is 13.6. The van der Waals surface area contributed by atoms with Crippen molar-refractivity contribution >= 4 is 80.1 Å². The van der Waals surface area contributed by atoms with E-state index >= 15 is 0 Å². The van der Waals surface area contributed by atoms with Crippen molar-refractivity contribution in [2.45, 2.75) is 5.41 Å². The summed E-state index contributed by atoms with van der Waals surface area (Å²) in [7, 11) is 0. The van der Waals surface area contributed by atoms with Crippen LogP contribution in [0.3, 0.4) is 0 Å². The van der Waals surface area contributed by atoms with Crippen molar-refractivity contribution in [1.82, 2.24) is 0 Å². The van der Waals surface area contributed by atoms with E-state index in [4.69, 9.17) is 0 Å². The number of rotatable bonds is 5. The molecule has 0 bridgehead atoms. The van der Waals surface area contributed by atoms with Crippen LogP contribution in [0.5, 0.6) is 0 Å². The van der Waals surface area contributed by atoms with E-state index in [0.29, 0.717) is 0 Å². The Balaban J connectivity index is 1.15. The third-order valence-electron chi connectivity index (χ3n) is 11.0. The molecule has 1 aliphatic rings. The van der Waals surface area contributed by atoms with Gasteiger partial charge in [-0.25, -0.2) is 0 Å². The van der Waals surface area contributed by atoms with E-state index < -0.39 is 5.41 Å². The van der Waals surface area contributed by atoms with Crippen molar-refractivity contribution in [1.29, 1.82) is 0 Å². The van der Waals surface area contributed by atoms with Crippen molar-refractivity contribution in [3.8, 4) is 11.1 Å². The van der Waals surface area contributed by atoms with E-state index in [9.17, 15) is 0 Å². The molecule has 244 valence electrons. The monoisotopic (exact) mass is 697 g/mol. The Bertz CT molecular complexity index is 2920. The summed E-state index contributed by atoms with van der Waals surface area (Å²) < 4.78 is 5.22. The fraction of sp³-hybridized carbons (Fsp3) is 0.0204. The van der Waals surface area contributed by atoms with Gasteiger partial charge in [0.15, 0.2) is 0 Å². The topological polar surface area (TPSA) is 3.24 Å². The molecular formula is C49H31NS2. The maximum atomic E-state index is 2.47. The van der Waals surface area contributed by atoms with Crippen LogP contribution < -0.4 is 4.90 Å². The second-order valence-corrected chi connectivity index (χ2v) is 15.8. The van der Waals surface area contributed by atoms with E-state index in [1.807, 2.05) is 22.7 Å². The van der Waals surface area contributed by atoms with Crippen LogP contribution in [-0.4, -0.2) is 0 Å². The Labute approximate surface area is 310 Å². The molecule has 1 nitrogen and oxygen atoms in total. The van der Waals surface area contributed by atoms with Gasteiger partial charge < -0.3 is 4.90 Å². The van der Waals surface area contributed by atoms with Crippen molar-refractivity contribution in [3.63, 3.8) is 0 Å². The highest BCUT2D eigenvalue weighted by molar-refractivity contribution is 7.26. The summed E-state index contributed by atoms with van der Waals surface area (Å²) in [6.07, 6.45) is 0. The maximum Gasteiger partial charge on any atom is 0.0713 e. The average molecular weight is 698 g/mol. The minimum absolute atomic E-state index is 0.433. The molecule has 0 saturated heterocycles. The van der Waals surface area contributed by atoms with Crippen LogP contribution >= 0.6 is 22.7 Å². The van der Waals surface area contributed by atoms with Gasteiger partial charge in [0, 0.05) is 51.7 Å². The van der Waals surface area contributed by atoms with Gasteiger partial charge in [-0.05, 0) is 81.9 Å². The SMILES string of the molecule is c1ccc(C2(c3ccc(N(c4ccc5c(c4)sc4ccccc45)c4cccc5sc6ccccc6c45)cc3)c3ccccc3-c3ccccc32)cc1. The zero-order chi connectivity index (χ0) is 34.2. The molecule has 3 heteroatoms. The normalized spacial score (nSPS) is 13.2. The fourth-order valence-electron chi connectivity index (χ4n) is 8.80. The van der Waals surface area contributed by atoms with Gasteiger partial charge in [0.1, 0.15) is 0 Å². The molecule has 0 saturated carbocycles. The van der Waals surface area contributed by atoms with Gasteiger partial charge in [0.2, 0.25) is 0 Å². The van der Waals surface area contributed by atoms with E-state index in [1.54, 1.807) is 0 Å². The van der Waals surface area contributed by atoms with Crippen LogP contribution in [0.4, 0.5) is 17.1 Å². The lowest BCUT2D eigenvalue weighted by molar-refractivity contribution is 0.768. The summed E-state index contributed by atoms with van der Waals surface area (Å²) in [6.45, 7) is 0. The molecule has 52 heavy (non-hydrogen) atoms. The molecule has 11 rings (SSSR count). The highest BCUT2D eigenvalue weighted by Gasteiger charge is 2.45. The van der Waals surface area contributed by atoms with Crippen molar-refractivity contribution in [2.24, 2.45) is 0 Å².